The van der Waals surface area contributed by atoms with Crippen LogP contribution in [-0.4, -0.2) is 4.57 Å². The lowest BCUT2D eigenvalue weighted by atomic mass is 10.3. The van der Waals surface area contributed by atoms with Gasteiger partial charge in [0.15, 0.2) is 0 Å². The molecule has 66 valence electrons. The SMILES string of the molecule is Fc1cc(-n2cccc2)ccc1Br. The zero-order valence-electron chi connectivity index (χ0n) is 6.74. The first-order chi connectivity index (χ1) is 6.27. The van der Waals surface area contributed by atoms with Crippen molar-refractivity contribution in [1.29, 1.82) is 0 Å². The Labute approximate surface area is 83.9 Å². The Balaban J connectivity index is 2.49. The van der Waals surface area contributed by atoms with Gasteiger partial charge in [0.25, 0.3) is 0 Å². The second kappa shape index (κ2) is 3.34. The fraction of sp³-hybridized carbons (Fsp3) is 0. The second-order valence-electron chi connectivity index (χ2n) is 2.69. The molecule has 0 fully saturated rings. The normalized spacial score (nSPS) is 10.3. The first kappa shape index (κ1) is 8.51. The summed E-state index contributed by atoms with van der Waals surface area (Å²) >= 11 is 3.11. The molecule has 0 bridgehead atoms. The number of rotatable bonds is 1. The minimum Gasteiger partial charge on any atom is -0.324 e. The summed E-state index contributed by atoms with van der Waals surface area (Å²) in [6, 6.07) is 8.85. The molecule has 13 heavy (non-hydrogen) atoms. The van der Waals surface area contributed by atoms with Gasteiger partial charge in [0, 0.05) is 18.1 Å². The highest BCUT2D eigenvalue weighted by molar-refractivity contribution is 9.10. The Morgan fingerprint density at radius 2 is 1.85 bits per heavy atom. The smallest absolute Gasteiger partial charge is 0.139 e. The minimum atomic E-state index is -0.244. The average Bonchev–Trinajstić information content (AvgIpc) is 2.62. The molecule has 1 aromatic carbocycles. The van der Waals surface area contributed by atoms with Crippen molar-refractivity contribution in [1.82, 2.24) is 4.57 Å². The van der Waals surface area contributed by atoms with E-state index in [1.165, 1.54) is 6.07 Å². The van der Waals surface area contributed by atoms with E-state index in [1.807, 2.05) is 35.2 Å². The van der Waals surface area contributed by atoms with Crippen molar-refractivity contribution < 1.29 is 4.39 Å². The molecule has 0 saturated heterocycles. The van der Waals surface area contributed by atoms with Gasteiger partial charge in [-0.1, -0.05) is 0 Å². The molecule has 0 saturated carbocycles. The van der Waals surface area contributed by atoms with Crippen molar-refractivity contribution in [3.63, 3.8) is 0 Å². The molecule has 0 amide bonds. The van der Waals surface area contributed by atoms with Crippen molar-refractivity contribution in [2.75, 3.05) is 0 Å². The van der Waals surface area contributed by atoms with Gasteiger partial charge in [0.05, 0.1) is 4.47 Å². The summed E-state index contributed by atoms with van der Waals surface area (Å²) in [5.41, 5.74) is 0.825. The third-order valence-corrected chi connectivity index (χ3v) is 2.45. The molecule has 0 spiro atoms. The Hall–Kier alpha value is -1.09. The van der Waals surface area contributed by atoms with Crippen LogP contribution in [0.3, 0.4) is 0 Å². The van der Waals surface area contributed by atoms with Crippen molar-refractivity contribution in [2.24, 2.45) is 0 Å². The van der Waals surface area contributed by atoms with Gasteiger partial charge < -0.3 is 4.57 Å². The first-order valence-corrected chi connectivity index (χ1v) is 4.65. The van der Waals surface area contributed by atoms with Crippen LogP contribution in [0.15, 0.2) is 47.2 Å². The number of hydrogen-bond acceptors (Lipinski definition) is 0. The van der Waals surface area contributed by atoms with E-state index in [4.69, 9.17) is 0 Å². The van der Waals surface area contributed by atoms with Crippen LogP contribution in [0.25, 0.3) is 5.69 Å². The van der Waals surface area contributed by atoms with Gasteiger partial charge in [0.1, 0.15) is 5.82 Å². The number of nitrogens with zero attached hydrogens (tertiary/aromatic N) is 1. The van der Waals surface area contributed by atoms with Crippen LogP contribution in [-0.2, 0) is 0 Å². The van der Waals surface area contributed by atoms with E-state index in [9.17, 15) is 4.39 Å². The van der Waals surface area contributed by atoms with Crippen LogP contribution in [0.4, 0.5) is 4.39 Å². The Morgan fingerprint density at radius 1 is 1.15 bits per heavy atom. The van der Waals surface area contributed by atoms with Gasteiger partial charge >= 0.3 is 0 Å². The quantitative estimate of drug-likeness (QED) is 0.720. The monoisotopic (exact) mass is 239 g/mol. The lowest BCUT2D eigenvalue weighted by molar-refractivity contribution is 0.620. The molecular formula is C10H7BrFN. The highest BCUT2D eigenvalue weighted by Crippen LogP contribution is 2.18. The molecule has 1 aromatic heterocycles. The topological polar surface area (TPSA) is 4.93 Å². The molecule has 0 atom stereocenters. The zero-order chi connectivity index (χ0) is 9.26. The van der Waals surface area contributed by atoms with Gasteiger partial charge in [-0.3, -0.25) is 0 Å². The number of benzene rings is 1. The fourth-order valence-electron chi connectivity index (χ4n) is 1.15. The predicted octanol–water partition coefficient (Wildman–Crippen LogP) is 3.38. The maximum Gasteiger partial charge on any atom is 0.139 e. The van der Waals surface area contributed by atoms with Gasteiger partial charge in [-0.25, -0.2) is 4.39 Å². The zero-order valence-corrected chi connectivity index (χ0v) is 8.33. The lowest BCUT2D eigenvalue weighted by Crippen LogP contribution is -1.90. The standard InChI is InChI=1S/C10H7BrFN/c11-9-4-3-8(7-10(9)12)13-5-1-2-6-13/h1-7H. The summed E-state index contributed by atoms with van der Waals surface area (Å²) in [5, 5.41) is 0. The molecule has 3 heteroatoms. The highest BCUT2D eigenvalue weighted by Gasteiger charge is 2.00. The van der Waals surface area contributed by atoms with Gasteiger partial charge in [-0.2, -0.15) is 0 Å². The summed E-state index contributed by atoms with van der Waals surface area (Å²) in [6.45, 7) is 0. The molecule has 0 N–H and O–H groups in total. The molecular weight excluding hydrogens is 233 g/mol. The summed E-state index contributed by atoms with van der Waals surface area (Å²) in [4.78, 5) is 0. The number of halogens is 2. The molecule has 0 unspecified atom stereocenters. The Morgan fingerprint density at radius 3 is 2.46 bits per heavy atom. The van der Waals surface area contributed by atoms with Crippen molar-refractivity contribution >= 4 is 15.9 Å². The number of hydrogen-bond donors (Lipinski definition) is 0. The number of aromatic nitrogens is 1. The van der Waals surface area contributed by atoms with E-state index >= 15 is 0 Å². The lowest BCUT2D eigenvalue weighted by Gasteiger charge is -2.02. The predicted molar refractivity (Wildman–Crippen MR) is 53.4 cm³/mol. The van der Waals surface area contributed by atoms with E-state index in [1.54, 1.807) is 6.07 Å². The van der Waals surface area contributed by atoms with E-state index < -0.39 is 0 Å². The van der Waals surface area contributed by atoms with Crippen LogP contribution in [0.5, 0.6) is 0 Å². The fourth-order valence-corrected chi connectivity index (χ4v) is 1.40. The molecule has 0 radical (unpaired) electrons. The largest absolute Gasteiger partial charge is 0.324 e. The summed E-state index contributed by atoms with van der Waals surface area (Å²) in [5.74, 6) is -0.244. The third-order valence-electron chi connectivity index (χ3n) is 1.81. The van der Waals surface area contributed by atoms with Crippen LogP contribution in [0.2, 0.25) is 0 Å². The summed E-state index contributed by atoms with van der Waals surface area (Å²) in [6.07, 6.45) is 3.76. The van der Waals surface area contributed by atoms with Crippen molar-refractivity contribution in [3.05, 3.63) is 53.0 Å². The van der Waals surface area contributed by atoms with Gasteiger partial charge in [-0.05, 0) is 46.3 Å². The Kier molecular flexibility index (Phi) is 2.19. The second-order valence-corrected chi connectivity index (χ2v) is 3.54. The summed E-state index contributed by atoms with van der Waals surface area (Å²) < 4.78 is 15.5. The van der Waals surface area contributed by atoms with Crippen molar-refractivity contribution in [2.45, 2.75) is 0 Å². The van der Waals surface area contributed by atoms with Crippen LogP contribution >= 0.6 is 15.9 Å². The van der Waals surface area contributed by atoms with Crippen LogP contribution < -0.4 is 0 Å². The molecule has 0 aliphatic heterocycles. The van der Waals surface area contributed by atoms with E-state index in [0.29, 0.717) is 4.47 Å². The molecule has 1 heterocycles. The van der Waals surface area contributed by atoms with Crippen LogP contribution in [0.1, 0.15) is 0 Å². The van der Waals surface area contributed by atoms with Gasteiger partial charge in [-0.15, -0.1) is 0 Å². The van der Waals surface area contributed by atoms with Gasteiger partial charge in [0.2, 0.25) is 0 Å². The van der Waals surface area contributed by atoms with E-state index in [0.717, 1.165) is 5.69 Å². The third kappa shape index (κ3) is 1.65. The molecule has 0 aliphatic carbocycles. The van der Waals surface area contributed by atoms with Crippen LogP contribution in [0, 0.1) is 5.82 Å². The molecule has 0 aliphatic rings. The summed E-state index contributed by atoms with van der Waals surface area (Å²) in [7, 11) is 0. The first-order valence-electron chi connectivity index (χ1n) is 3.86. The van der Waals surface area contributed by atoms with E-state index in [2.05, 4.69) is 15.9 Å². The average molecular weight is 240 g/mol. The maximum atomic E-state index is 13.1. The minimum absolute atomic E-state index is 0.244. The Bertz CT molecular complexity index is 409. The highest BCUT2D eigenvalue weighted by atomic mass is 79.9. The molecule has 2 aromatic rings. The molecule has 2 rings (SSSR count). The van der Waals surface area contributed by atoms with E-state index in [-0.39, 0.29) is 5.82 Å². The van der Waals surface area contributed by atoms with Crippen molar-refractivity contribution in [3.8, 4) is 5.69 Å². The molecule has 1 nitrogen and oxygen atoms in total. The maximum absolute atomic E-state index is 13.1.